The largest absolute Gasteiger partial charge is 0.349 e. The summed E-state index contributed by atoms with van der Waals surface area (Å²) in [4.78, 5) is 36.0. The van der Waals surface area contributed by atoms with Gasteiger partial charge in [-0.1, -0.05) is 12.1 Å². The molecule has 0 saturated carbocycles. The molecule has 1 unspecified atom stereocenters. The second-order valence-electron chi connectivity index (χ2n) is 3.41. The van der Waals surface area contributed by atoms with E-state index in [0.717, 1.165) is 0 Å². The second kappa shape index (κ2) is 5.70. The fourth-order valence-corrected chi connectivity index (χ4v) is 3.21. The zero-order valence-corrected chi connectivity index (χ0v) is 10.4. The average molecular weight is 275 g/mol. The van der Waals surface area contributed by atoms with E-state index in [0.29, 0.717) is 11.1 Å². The molecule has 0 aliphatic heterocycles. The molecule has 0 fully saturated rings. The van der Waals surface area contributed by atoms with Crippen LogP contribution in [0.1, 0.15) is 11.1 Å². The maximum absolute atomic E-state index is 11.1. The normalized spacial score (nSPS) is 13.4. The SMILES string of the molecule is N#Cc1cccc(CC(P(O)O)P(=O)(O)O)c1. The maximum Gasteiger partial charge on any atom is 0.337 e. The second-order valence-corrected chi connectivity index (χ2v) is 6.88. The van der Waals surface area contributed by atoms with Crippen LogP contribution in [-0.2, 0) is 11.0 Å². The summed E-state index contributed by atoms with van der Waals surface area (Å²) >= 11 is 0. The zero-order valence-electron chi connectivity index (χ0n) is 8.63. The third kappa shape index (κ3) is 4.18. The van der Waals surface area contributed by atoms with E-state index in [9.17, 15) is 4.57 Å². The Kier molecular flexibility index (Phi) is 4.79. The molecular weight excluding hydrogens is 264 g/mol. The van der Waals surface area contributed by atoms with E-state index in [2.05, 4.69) is 0 Å². The molecular formula is C9H11NO5P2. The van der Waals surface area contributed by atoms with E-state index in [1.54, 1.807) is 18.2 Å². The first-order chi connectivity index (χ1) is 7.84. The molecule has 1 rings (SSSR count). The van der Waals surface area contributed by atoms with Crippen molar-refractivity contribution in [2.45, 2.75) is 11.8 Å². The van der Waals surface area contributed by atoms with Gasteiger partial charge in [-0.25, -0.2) is 0 Å². The third-order valence-corrected chi connectivity index (χ3v) is 5.33. The van der Waals surface area contributed by atoms with Crippen LogP contribution in [0.25, 0.3) is 0 Å². The standard InChI is InChI=1S/C9H11NO5P2/c10-6-8-3-1-2-7(4-8)5-9(16(11)12)17(13,14)15/h1-4,9,11-12H,5H2,(H2,13,14,15). The Morgan fingerprint density at radius 2 is 2.06 bits per heavy atom. The Hall–Kier alpha value is -0.790. The first-order valence-electron chi connectivity index (χ1n) is 4.56. The number of nitriles is 1. The highest BCUT2D eigenvalue weighted by Crippen LogP contribution is 2.56. The van der Waals surface area contributed by atoms with E-state index in [1.165, 1.54) is 6.07 Å². The maximum atomic E-state index is 11.1. The molecule has 1 atom stereocenters. The highest BCUT2D eigenvalue weighted by molar-refractivity contribution is 7.68. The van der Waals surface area contributed by atoms with Crippen LogP contribution in [0.5, 0.6) is 0 Å². The van der Waals surface area contributed by atoms with Gasteiger partial charge in [-0.2, -0.15) is 5.26 Å². The van der Waals surface area contributed by atoms with Gasteiger partial charge in [0.1, 0.15) is 5.40 Å². The molecule has 6 nitrogen and oxygen atoms in total. The van der Waals surface area contributed by atoms with Crippen LogP contribution in [0, 0.1) is 11.3 Å². The Balaban J connectivity index is 2.95. The van der Waals surface area contributed by atoms with Gasteiger partial charge >= 0.3 is 7.60 Å². The minimum atomic E-state index is -4.58. The van der Waals surface area contributed by atoms with Gasteiger partial charge in [0.15, 0.2) is 8.38 Å². The van der Waals surface area contributed by atoms with Crippen LogP contribution in [0.4, 0.5) is 0 Å². The van der Waals surface area contributed by atoms with Crippen LogP contribution in [0.2, 0.25) is 0 Å². The highest BCUT2D eigenvalue weighted by Gasteiger charge is 2.35. The topological polar surface area (TPSA) is 122 Å². The Morgan fingerprint density at radius 1 is 1.41 bits per heavy atom. The van der Waals surface area contributed by atoms with Crippen molar-refractivity contribution >= 4 is 16.0 Å². The summed E-state index contributed by atoms with van der Waals surface area (Å²) in [6, 6.07) is 8.05. The Morgan fingerprint density at radius 3 is 2.53 bits per heavy atom. The molecule has 0 radical (unpaired) electrons. The molecule has 0 bridgehead atoms. The monoisotopic (exact) mass is 275 g/mol. The molecule has 1 aromatic rings. The van der Waals surface area contributed by atoms with Gasteiger partial charge < -0.3 is 19.6 Å². The first kappa shape index (κ1) is 14.3. The lowest BCUT2D eigenvalue weighted by Crippen LogP contribution is -2.10. The van der Waals surface area contributed by atoms with E-state index in [4.69, 9.17) is 24.8 Å². The minimum absolute atomic E-state index is 0.182. The van der Waals surface area contributed by atoms with Crippen molar-refractivity contribution < 1.29 is 24.1 Å². The van der Waals surface area contributed by atoms with Crippen molar-refractivity contribution in [1.82, 2.24) is 0 Å². The van der Waals surface area contributed by atoms with Crippen LogP contribution < -0.4 is 0 Å². The summed E-state index contributed by atoms with van der Waals surface area (Å²) in [5.41, 5.74) is 0.833. The molecule has 8 heteroatoms. The summed E-state index contributed by atoms with van der Waals surface area (Å²) in [6.07, 6.45) is -0.182. The number of hydrogen-bond acceptors (Lipinski definition) is 4. The fourth-order valence-electron chi connectivity index (χ4n) is 1.31. The lowest BCUT2D eigenvalue weighted by atomic mass is 10.1. The lowest BCUT2D eigenvalue weighted by molar-refractivity contribution is 0.362. The molecule has 0 amide bonds. The molecule has 0 spiro atoms. The van der Waals surface area contributed by atoms with E-state index in [1.807, 2.05) is 6.07 Å². The van der Waals surface area contributed by atoms with Crippen LogP contribution in [-0.4, -0.2) is 25.0 Å². The van der Waals surface area contributed by atoms with Crippen molar-refractivity contribution in [3.05, 3.63) is 35.4 Å². The quantitative estimate of drug-likeness (QED) is 0.605. The third-order valence-electron chi connectivity index (χ3n) is 2.13. The van der Waals surface area contributed by atoms with Crippen molar-refractivity contribution in [2.75, 3.05) is 0 Å². The van der Waals surface area contributed by atoms with Crippen LogP contribution in [0.3, 0.4) is 0 Å². The number of benzene rings is 1. The fraction of sp³-hybridized carbons (Fsp3) is 0.222. The molecule has 0 saturated heterocycles. The smallest absolute Gasteiger partial charge is 0.337 e. The molecule has 0 heterocycles. The molecule has 92 valence electrons. The summed E-state index contributed by atoms with van der Waals surface area (Å²) < 4.78 is 11.1. The molecule has 0 aliphatic rings. The molecule has 1 aromatic carbocycles. The van der Waals surface area contributed by atoms with Gasteiger partial charge in [-0.05, 0) is 24.1 Å². The summed E-state index contributed by atoms with van der Waals surface area (Å²) in [6.45, 7) is 0. The van der Waals surface area contributed by atoms with Crippen molar-refractivity contribution in [2.24, 2.45) is 0 Å². The predicted molar refractivity (Wildman–Crippen MR) is 62.1 cm³/mol. The Labute approximate surface area is 99.2 Å². The van der Waals surface area contributed by atoms with Crippen molar-refractivity contribution in [3.8, 4) is 6.07 Å². The molecule has 0 aromatic heterocycles. The van der Waals surface area contributed by atoms with Gasteiger partial charge in [0, 0.05) is 0 Å². The van der Waals surface area contributed by atoms with Gasteiger partial charge in [0.2, 0.25) is 0 Å². The number of rotatable bonds is 4. The van der Waals surface area contributed by atoms with Crippen LogP contribution in [0.15, 0.2) is 24.3 Å². The van der Waals surface area contributed by atoms with Crippen LogP contribution >= 0.6 is 16.0 Å². The summed E-state index contributed by atoms with van der Waals surface area (Å²) in [7, 11) is -7.31. The first-order valence-corrected chi connectivity index (χ1v) is 7.55. The Bertz CT molecular complexity index is 479. The number of hydrogen-bond donors (Lipinski definition) is 4. The van der Waals surface area contributed by atoms with E-state index >= 15 is 0 Å². The van der Waals surface area contributed by atoms with Crippen molar-refractivity contribution in [3.63, 3.8) is 0 Å². The molecule has 4 N–H and O–H groups in total. The van der Waals surface area contributed by atoms with Gasteiger partial charge in [0.05, 0.1) is 11.6 Å². The highest BCUT2D eigenvalue weighted by atomic mass is 31.2. The van der Waals surface area contributed by atoms with E-state index in [-0.39, 0.29) is 6.42 Å². The van der Waals surface area contributed by atoms with Gasteiger partial charge in [0.25, 0.3) is 0 Å². The summed E-state index contributed by atoms with van der Waals surface area (Å²) in [5, 5.41) is 7.15. The average Bonchev–Trinajstić information content (AvgIpc) is 2.24. The van der Waals surface area contributed by atoms with E-state index < -0.39 is 21.4 Å². The van der Waals surface area contributed by atoms with Gasteiger partial charge in [-0.15, -0.1) is 0 Å². The van der Waals surface area contributed by atoms with Crippen molar-refractivity contribution in [1.29, 1.82) is 5.26 Å². The predicted octanol–water partition coefficient (Wildman–Crippen LogP) is 0.901. The number of nitrogens with zero attached hydrogens (tertiary/aromatic N) is 1. The zero-order chi connectivity index (χ0) is 13.1. The van der Waals surface area contributed by atoms with Gasteiger partial charge in [-0.3, -0.25) is 4.57 Å². The lowest BCUT2D eigenvalue weighted by Gasteiger charge is -2.19. The molecule has 0 aliphatic carbocycles. The molecule has 17 heavy (non-hydrogen) atoms. The minimum Gasteiger partial charge on any atom is -0.349 e. The summed E-state index contributed by atoms with van der Waals surface area (Å²) in [5.74, 6) is 0.